The third-order valence-corrected chi connectivity index (χ3v) is 4.62. The van der Waals surface area contributed by atoms with Gasteiger partial charge in [0, 0.05) is 27.7 Å². The molecule has 4 aromatic rings. The molecule has 138 valence electrons. The fourth-order valence-corrected chi connectivity index (χ4v) is 3.18. The van der Waals surface area contributed by atoms with Crippen molar-refractivity contribution in [2.45, 2.75) is 0 Å². The molecule has 0 unspecified atom stereocenters. The maximum Gasteiger partial charge on any atom is 0.256 e. The second-order valence-corrected chi connectivity index (χ2v) is 6.54. The lowest BCUT2D eigenvalue weighted by atomic mass is 10.0. The largest absolute Gasteiger partial charge is 0.322 e. The molecule has 0 aliphatic heterocycles. The molecule has 3 aromatic carbocycles. The topological polar surface area (TPSA) is 42.0 Å². The molecule has 4 rings (SSSR count). The van der Waals surface area contributed by atoms with Crippen LogP contribution in [0.5, 0.6) is 0 Å². The van der Waals surface area contributed by atoms with Gasteiger partial charge in [0.25, 0.3) is 5.91 Å². The Morgan fingerprint density at radius 2 is 1.64 bits per heavy atom. The molecular formula is C22H13ClF2N2O. The van der Waals surface area contributed by atoms with Crippen LogP contribution in [0.15, 0.2) is 72.8 Å². The molecule has 0 aliphatic rings. The third-order valence-electron chi connectivity index (χ3n) is 4.29. The SMILES string of the molecule is O=C(Nc1ccc(F)c(F)c1)c1cc(-c2ccccc2Cl)nc2ccccc12. The van der Waals surface area contributed by atoms with Crippen LogP contribution < -0.4 is 5.32 Å². The summed E-state index contributed by atoms with van der Waals surface area (Å²) < 4.78 is 26.6. The Morgan fingerprint density at radius 1 is 0.893 bits per heavy atom. The van der Waals surface area contributed by atoms with Crippen molar-refractivity contribution in [2.75, 3.05) is 5.32 Å². The summed E-state index contributed by atoms with van der Waals surface area (Å²) in [5, 5.41) is 3.75. The minimum Gasteiger partial charge on any atom is -0.322 e. The highest BCUT2D eigenvalue weighted by Crippen LogP contribution is 2.30. The van der Waals surface area contributed by atoms with Gasteiger partial charge in [-0.2, -0.15) is 0 Å². The van der Waals surface area contributed by atoms with Gasteiger partial charge in [-0.1, -0.05) is 48.0 Å². The first-order chi connectivity index (χ1) is 13.5. The van der Waals surface area contributed by atoms with Crippen LogP contribution in [0.1, 0.15) is 10.4 Å². The van der Waals surface area contributed by atoms with Crippen molar-refractivity contribution in [1.82, 2.24) is 4.98 Å². The zero-order valence-corrected chi connectivity index (χ0v) is 15.2. The average Bonchev–Trinajstić information content (AvgIpc) is 2.70. The predicted molar refractivity (Wildman–Crippen MR) is 107 cm³/mol. The van der Waals surface area contributed by atoms with Crippen LogP contribution in [0, 0.1) is 11.6 Å². The number of carbonyl (C=O) groups is 1. The van der Waals surface area contributed by atoms with Crippen molar-refractivity contribution in [1.29, 1.82) is 0 Å². The van der Waals surface area contributed by atoms with E-state index in [0.29, 0.717) is 32.7 Å². The number of carbonyl (C=O) groups excluding carboxylic acids is 1. The molecule has 0 spiro atoms. The number of amides is 1. The fourth-order valence-electron chi connectivity index (χ4n) is 2.94. The van der Waals surface area contributed by atoms with Crippen LogP contribution in [0.3, 0.4) is 0 Å². The molecule has 1 heterocycles. The zero-order chi connectivity index (χ0) is 19.7. The molecule has 1 amide bonds. The van der Waals surface area contributed by atoms with E-state index in [-0.39, 0.29) is 5.69 Å². The molecule has 1 aromatic heterocycles. The van der Waals surface area contributed by atoms with Crippen molar-refractivity contribution in [3.63, 3.8) is 0 Å². The summed E-state index contributed by atoms with van der Waals surface area (Å²) in [5.74, 6) is -2.47. The molecule has 0 fully saturated rings. The van der Waals surface area contributed by atoms with Crippen molar-refractivity contribution in [3.8, 4) is 11.3 Å². The first kappa shape index (κ1) is 18.1. The molecule has 1 N–H and O–H groups in total. The molecule has 0 radical (unpaired) electrons. The zero-order valence-electron chi connectivity index (χ0n) is 14.4. The Hall–Kier alpha value is -3.31. The van der Waals surface area contributed by atoms with Gasteiger partial charge in [-0.15, -0.1) is 0 Å². The lowest BCUT2D eigenvalue weighted by Gasteiger charge is -2.11. The van der Waals surface area contributed by atoms with Gasteiger partial charge in [-0.25, -0.2) is 13.8 Å². The smallest absolute Gasteiger partial charge is 0.256 e. The first-order valence-corrected chi connectivity index (χ1v) is 8.82. The number of rotatable bonds is 3. The number of aromatic nitrogens is 1. The van der Waals surface area contributed by atoms with Gasteiger partial charge in [-0.3, -0.25) is 4.79 Å². The first-order valence-electron chi connectivity index (χ1n) is 8.44. The van der Waals surface area contributed by atoms with Gasteiger partial charge in [-0.05, 0) is 30.3 Å². The molecule has 6 heteroatoms. The van der Waals surface area contributed by atoms with Gasteiger partial charge >= 0.3 is 0 Å². The number of anilines is 1. The highest BCUT2D eigenvalue weighted by Gasteiger charge is 2.16. The standard InChI is InChI=1S/C22H13ClF2N2O/c23-17-7-3-1-6-15(17)21-12-16(14-5-2-4-8-20(14)27-21)22(28)26-13-9-10-18(24)19(25)11-13/h1-12H,(H,26,28). The summed E-state index contributed by atoms with van der Waals surface area (Å²) >= 11 is 6.29. The number of nitrogens with one attached hydrogen (secondary N) is 1. The maximum absolute atomic E-state index is 13.5. The van der Waals surface area contributed by atoms with Gasteiger partial charge in [0.1, 0.15) is 0 Å². The average molecular weight is 395 g/mol. The van der Waals surface area contributed by atoms with E-state index in [1.807, 2.05) is 24.3 Å². The van der Waals surface area contributed by atoms with Crippen LogP contribution in [0.2, 0.25) is 5.02 Å². The molecule has 28 heavy (non-hydrogen) atoms. The Labute approximate surface area is 164 Å². The van der Waals surface area contributed by atoms with E-state index in [0.717, 1.165) is 12.1 Å². The summed E-state index contributed by atoms with van der Waals surface area (Å²) in [5.41, 5.74) is 2.36. The number of benzene rings is 3. The van der Waals surface area contributed by atoms with Crippen molar-refractivity contribution < 1.29 is 13.6 Å². The number of pyridine rings is 1. The highest BCUT2D eigenvalue weighted by atomic mass is 35.5. The molecule has 0 saturated heterocycles. The minimum absolute atomic E-state index is 0.157. The highest BCUT2D eigenvalue weighted by molar-refractivity contribution is 6.33. The van der Waals surface area contributed by atoms with E-state index in [9.17, 15) is 13.6 Å². The lowest BCUT2D eigenvalue weighted by molar-refractivity contribution is 0.102. The Morgan fingerprint density at radius 3 is 2.43 bits per heavy atom. The second-order valence-electron chi connectivity index (χ2n) is 6.14. The van der Waals surface area contributed by atoms with E-state index in [4.69, 9.17) is 11.6 Å². The number of hydrogen-bond acceptors (Lipinski definition) is 2. The minimum atomic E-state index is -1.03. The van der Waals surface area contributed by atoms with E-state index in [1.165, 1.54) is 6.07 Å². The number of fused-ring (bicyclic) bond motifs is 1. The lowest BCUT2D eigenvalue weighted by Crippen LogP contribution is -2.13. The quantitative estimate of drug-likeness (QED) is 0.457. The third kappa shape index (κ3) is 3.44. The maximum atomic E-state index is 13.5. The van der Waals surface area contributed by atoms with Crippen LogP contribution in [0.25, 0.3) is 22.2 Å². The van der Waals surface area contributed by atoms with Crippen LogP contribution in [0.4, 0.5) is 14.5 Å². The second kappa shape index (κ2) is 7.37. The summed E-state index contributed by atoms with van der Waals surface area (Å²) in [7, 11) is 0. The van der Waals surface area contributed by atoms with Crippen molar-refractivity contribution in [3.05, 3.63) is 95.0 Å². The van der Waals surface area contributed by atoms with Crippen LogP contribution >= 0.6 is 11.6 Å². The molecule has 3 nitrogen and oxygen atoms in total. The molecular weight excluding hydrogens is 382 g/mol. The Kier molecular flexibility index (Phi) is 4.75. The van der Waals surface area contributed by atoms with Crippen molar-refractivity contribution in [2.24, 2.45) is 0 Å². The Balaban J connectivity index is 1.82. The molecule has 0 atom stereocenters. The summed E-state index contributed by atoms with van der Waals surface area (Å²) in [6.45, 7) is 0. The fraction of sp³-hybridized carbons (Fsp3) is 0. The van der Waals surface area contributed by atoms with Gasteiger partial charge in [0.2, 0.25) is 0 Å². The van der Waals surface area contributed by atoms with E-state index in [2.05, 4.69) is 10.3 Å². The normalized spacial score (nSPS) is 10.8. The number of hydrogen-bond donors (Lipinski definition) is 1. The van der Waals surface area contributed by atoms with E-state index >= 15 is 0 Å². The number of halogens is 3. The van der Waals surface area contributed by atoms with Crippen molar-refractivity contribution >= 4 is 34.1 Å². The Bertz CT molecular complexity index is 1210. The van der Waals surface area contributed by atoms with Gasteiger partial charge in [0.15, 0.2) is 11.6 Å². The summed E-state index contributed by atoms with van der Waals surface area (Å²) in [6, 6.07) is 19.2. The number of para-hydroxylation sites is 1. The van der Waals surface area contributed by atoms with Crippen LogP contribution in [-0.2, 0) is 0 Å². The van der Waals surface area contributed by atoms with Crippen LogP contribution in [-0.4, -0.2) is 10.9 Å². The number of nitrogens with zero attached hydrogens (tertiary/aromatic N) is 1. The summed E-state index contributed by atoms with van der Waals surface area (Å²) in [6.07, 6.45) is 0. The van der Waals surface area contributed by atoms with E-state index < -0.39 is 17.5 Å². The van der Waals surface area contributed by atoms with Gasteiger partial charge in [0.05, 0.1) is 16.8 Å². The van der Waals surface area contributed by atoms with E-state index in [1.54, 1.807) is 30.3 Å². The monoisotopic (exact) mass is 394 g/mol. The molecule has 0 aliphatic carbocycles. The predicted octanol–water partition coefficient (Wildman–Crippen LogP) is 6.09. The molecule has 0 saturated carbocycles. The van der Waals surface area contributed by atoms with Gasteiger partial charge < -0.3 is 5.32 Å². The summed E-state index contributed by atoms with van der Waals surface area (Å²) in [4.78, 5) is 17.5. The molecule has 0 bridgehead atoms.